The first-order chi connectivity index (χ1) is 12.7. The molecule has 1 aliphatic rings. The van der Waals surface area contributed by atoms with E-state index in [2.05, 4.69) is 10.3 Å². The van der Waals surface area contributed by atoms with Crippen LogP contribution in [-0.2, 0) is 11.8 Å². The Morgan fingerprint density at radius 3 is 2.73 bits per heavy atom. The van der Waals surface area contributed by atoms with Gasteiger partial charge in [0.2, 0.25) is 5.91 Å². The molecule has 0 bridgehead atoms. The summed E-state index contributed by atoms with van der Waals surface area (Å²) in [6.45, 7) is 0. The van der Waals surface area contributed by atoms with E-state index in [9.17, 15) is 4.79 Å². The molecule has 6 heteroatoms. The maximum absolute atomic E-state index is 12.4. The number of thiazole rings is 1. The Hall–Kier alpha value is -2.47. The van der Waals surface area contributed by atoms with Gasteiger partial charge in [0.25, 0.3) is 0 Å². The third-order valence-corrected chi connectivity index (χ3v) is 5.80. The molecule has 1 aliphatic carbocycles. The number of aromatic nitrogens is 3. The molecule has 0 aliphatic heterocycles. The normalized spacial score (nSPS) is 14.7. The van der Waals surface area contributed by atoms with Crippen molar-refractivity contribution < 1.29 is 4.79 Å². The van der Waals surface area contributed by atoms with Crippen molar-refractivity contribution in [2.75, 3.05) is 5.32 Å². The largest absolute Gasteiger partial charge is 0.340 e. The molecule has 0 spiro atoms. The average Bonchev–Trinajstić information content (AvgIpc) is 3.37. The Morgan fingerprint density at radius 2 is 2.04 bits per heavy atom. The molecule has 1 aromatic carbocycles. The van der Waals surface area contributed by atoms with Crippen molar-refractivity contribution >= 4 is 22.4 Å². The molecule has 1 N–H and O–H groups in total. The van der Waals surface area contributed by atoms with Crippen molar-refractivity contribution in [1.82, 2.24) is 14.5 Å². The highest BCUT2D eigenvalue weighted by Crippen LogP contribution is 2.38. The van der Waals surface area contributed by atoms with Gasteiger partial charge in [-0.2, -0.15) is 0 Å². The number of carbonyl (C=O) groups excluding carboxylic acids is 1. The van der Waals surface area contributed by atoms with E-state index in [1.807, 2.05) is 48.1 Å². The molecule has 26 heavy (non-hydrogen) atoms. The Morgan fingerprint density at radius 1 is 1.27 bits per heavy atom. The zero-order chi connectivity index (χ0) is 17.9. The molecule has 5 nitrogen and oxygen atoms in total. The molecule has 0 unspecified atom stereocenters. The number of imidazole rings is 1. The van der Waals surface area contributed by atoms with Gasteiger partial charge in [0.05, 0.1) is 16.9 Å². The summed E-state index contributed by atoms with van der Waals surface area (Å²) in [5.74, 6) is 0.594. The molecule has 4 rings (SSSR count). The summed E-state index contributed by atoms with van der Waals surface area (Å²) >= 11 is 1.49. The van der Waals surface area contributed by atoms with Crippen molar-refractivity contribution in [3.05, 3.63) is 42.9 Å². The zero-order valence-corrected chi connectivity index (χ0v) is 15.6. The highest BCUT2D eigenvalue weighted by molar-refractivity contribution is 7.19. The minimum Gasteiger partial charge on any atom is -0.340 e. The number of aryl methyl sites for hydroxylation is 1. The van der Waals surface area contributed by atoms with E-state index in [0.717, 1.165) is 21.8 Å². The smallest absolute Gasteiger partial charge is 0.226 e. The first-order valence-corrected chi connectivity index (χ1v) is 9.85. The second-order valence-corrected chi connectivity index (χ2v) is 7.89. The second-order valence-electron chi connectivity index (χ2n) is 6.89. The van der Waals surface area contributed by atoms with Crippen LogP contribution in [0.4, 0.5) is 5.13 Å². The van der Waals surface area contributed by atoms with Gasteiger partial charge in [-0.3, -0.25) is 4.79 Å². The Bertz CT molecular complexity index is 894. The molecule has 0 radical (unpaired) electrons. The zero-order valence-electron chi connectivity index (χ0n) is 14.8. The van der Waals surface area contributed by atoms with Crippen LogP contribution in [0.25, 0.3) is 21.8 Å². The fraction of sp³-hybridized carbons (Fsp3) is 0.350. The summed E-state index contributed by atoms with van der Waals surface area (Å²) in [6.07, 6.45) is 9.18. The number of nitrogens with one attached hydrogen (secondary N) is 1. The summed E-state index contributed by atoms with van der Waals surface area (Å²) in [4.78, 5) is 22.6. The summed E-state index contributed by atoms with van der Waals surface area (Å²) in [5, 5.41) is 3.66. The van der Waals surface area contributed by atoms with Crippen LogP contribution in [0, 0.1) is 5.92 Å². The van der Waals surface area contributed by atoms with Gasteiger partial charge in [0.15, 0.2) is 5.13 Å². The maximum Gasteiger partial charge on any atom is 0.226 e. The topological polar surface area (TPSA) is 59.8 Å². The fourth-order valence-corrected chi connectivity index (χ4v) is 4.48. The molecular weight excluding hydrogens is 344 g/mol. The SMILES string of the molecule is Cn1cnc(-c2sc(NC(=O)CC3CCCC3)nc2-c2ccccc2)c1. The Balaban J connectivity index is 1.61. The van der Waals surface area contributed by atoms with Gasteiger partial charge in [-0.1, -0.05) is 54.5 Å². The molecule has 1 fully saturated rings. The minimum absolute atomic E-state index is 0.0674. The van der Waals surface area contributed by atoms with Crippen molar-refractivity contribution in [3.63, 3.8) is 0 Å². The third kappa shape index (κ3) is 3.70. The predicted octanol–water partition coefficient (Wildman–Crippen LogP) is 4.73. The van der Waals surface area contributed by atoms with E-state index in [4.69, 9.17) is 4.98 Å². The van der Waals surface area contributed by atoms with Crippen LogP contribution in [0.1, 0.15) is 32.1 Å². The standard InChI is InChI=1S/C20H22N4OS/c1-24-12-16(21-13-24)19-18(15-9-3-2-4-10-15)23-20(26-19)22-17(25)11-14-7-5-6-8-14/h2-4,9-10,12-14H,5-8,11H2,1H3,(H,22,23,25). The first kappa shape index (κ1) is 17.0. The number of anilines is 1. The molecular formula is C20H22N4OS. The number of hydrogen-bond acceptors (Lipinski definition) is 4. The Labute approximate surface area is 157 Å². The van der Waals surface area contributed by atoms with Crippen molar-refractivity contribution in [3.8, 4) is 21.8 Å². The van der Waals surface area contributed by atoms with Crippen LogP contribution in [0.3, 0.4) is 0 Å². The van der Waals surface area contributed by atoms with E-state index < -0.39 is 0 Å². The monoisotopic (exact) mass is 366 g/mol. The number of carbonyl (C=O) groups is 1. The predicted molar refractivity (Wildman–Crippen MR) is 105 cm³/mol. The van der Waals surface area contributed by atoms with Crippen molar-refractivity contribution in [1.29, 1.82) is 0 Å². The second kappa shape index (κ2) is 7.41. The highest BCUT2D eigenvalue weighted by atomic mass is 32.1. The van der Waals surface area contributed by atoms with Gasteiger partial charge < -0.3 is 9.88 Å². The summed E-state index contributed by atoms with van der Waals surface area (Å²) in [7, 11) is 1.95. The molecule has 1 saturated carbocycles. The van der Waals surface area contributed by atoms with E-state index in [-0.39, 0.29) is 5.91 Å². The molecule has 134 valence electrons. The lowest BCUT2D eigenvalue weighted by atomic mass is 10.0. The van der Waals surface area contributed by atoms with Gasteiger partial charge >= 0.3 is 0 Å². The quantitative estimate of drug-likeness (QED) is 0.710. The van der Waals surface area contributed by atoms with Gasteiger partial charge in [-0.25, -0.2) is 9.97 Å². The minimum atomic E-state index is 0.0674. The molecule has 0 atom stereocenters. The molecule has 0 saturated heterocycles. The number of nitrogens with zero attached hydrogens (tertiary/aromatic N) is 3. The van der Waals surface area contributed by atoms with Crippen molar-refractivity contribution in [2.45, 2.75) is 32.1 Å². The van der Waals surface area contributed by atoms with E-state index in [0.29, 0.717) is 17.5 Å². The van der Waals surface area contributed by atoms with Gasteiger partial charge in [0, 0.05) is 25.2 Å². The molecule has 1 amide bonds. The third-order valence-electron chi connectivity index (χ3n) is 4.81. The molecule has 2 heterocycles. The number of rotatable bonds is 5. The van der Waals surface area contributed by atoms with Crippen LogP contribution in [-0.4, -0.2) is 20.4 Å². The number of benzene rings is 1. The molecule has 2 aromatic heterocycles. The number of amides is 1. The lowest BCUT2D eigenvalue weighted by Gasteiger charge is -2.07. The summed E-state index contributed by atoms with van der Waals surface area (Å²) in [5.41, 5.74) is 2.77. The first-order valence-electron chi connectivity index (χ1n) is 9.03. The highest BCUT2D eigenvalue weighted by Gasteiger charge is 2.21. The fourth-order valence-electron chi connectivity index (χ4n) is 3.52. The van der Waals surface area contributed by atoms with Crippen LogP contribution < -0.4 is 5.32 Å². The summed E-state index contributed by atoms with van der Waals surface area (Å²) in [6, 6.07) is 10.0. The van der Waals surface area contributed by atoms with Gasteiger partial charge in [0.1, 0.15) is 5.69 Å². The average molecular weight is 366 g/mol. The summed E-state index contributed by atoms with van der Waals surface area (Å²) < 4.78 is 1.92. The van der Waals surface area contributed by atoms with Crippen molar-refractivity contribution in [2.24, 2.45) is 13.0 Å². The van der Waals surface area contributed by atoms with E-state index in [1.54, 1.807) is 6.33 Å². The van der Waals surface area contributed by atoms with E-state index >= 15 is 0 Å². The van der Waals surface area contributed by atoms with Crippen LogP contribution >= 0.6 is 11.3 Å². The number of hydrogen-bond donors (Lipinski definition) is 1. The lowest BCUT2D eigenvalue weighted by molar-refractivity contribution is -0.117. The Kier molecular flexibility index (Phi) is 4.84. The van der Waals surface area contributed by atoms with Crippen LogP contribution in [0.15, 0.2) is 42.9 Å². The van der Waals surface area contributed by atoms with Crippen LogP contribution in [0.5, 0.6) is 0 Å². The van der Waals surface area contributed by atoms with Gasteiger partial charge in [-0.05, 0) is 18.8 Å². The molecule has 3 aromatic rings. The van der Waals surface area contributed by atoms with Crippen LogP contribution in [0.2, 0.25) is 0 Å². The maximum atomic E-state index is 12.4. The van der Waals surface area contributed by atoms with E-state index in [1.165, 1.54) is 37.0 Å². The lowest BCUT2D eigenvalue weighted by Crippen LogP contribution is -2.14. The van der Waals surface area contributed by atoms with Gasteiger partial charge in [-0.15, -0.1) is 0 Å².